The number of hydrogen-bond donors (Lipinski definition) is 2. The molecule has 0 saturated heterocycles. The summed E-state index contributed by atoms with van der Waals surface area (Å²) in [6.07, 6.45) is 5.98. The lowest BCUT2D eigenvalue weighted by atomic mass is 9.94. The molecule has 2 unspecified atom stereocenters. The molecule has 1 amide bonds. The average Bonchev–Trinajstić information content (AvgIpc) is 2.87. The summed E-state index contributed by atoms with van der Waals surface area (Å²) in [6.45, 7) is 0. The summed E-state index contributed by atoms with van der Waals surface area (Å²) in [5, 5.41) is 11.7. The molecule has 1 aromatic rings. The maximum Gasteiger partial charge on any atom is 0.310 e. The maximum atomic E-state index is 12.2. The third kappa shape index (κ3) is 3.63. The lowest BCUT2D eigenvalue weighted by molar-refractivity contribution is -0.146. The first kappa shape index (κ1) is 15.1. The quantitative estimate of drug-likeness (QED) is 0.654. The number of aromatic amines is 1. The van der Waals surface area contributed by atoms with Gasteiger partial charge in [0, 0.05) is 12.2 Å². The summed E-state index contributed by atoms with van der Waals surface area (Å²) in [6, 6.07) is 3.24. The van der Waals surface area contributed by atoms with Gasteiger partial charge in [0.25, 0.3) is 5.91 Å². The van der Waals surface area contributed by atoms with Gasteiger partial charge >= 0.3 is 5.97 Å². The van der Waals surface area contributed by atoms with E-state index in [4.69, 9.17) is 10.00 Å². The molecule has 21 heavy (non-hydrogen) atoms. The van der Waals surface area contributed by atoms with E-state index in [2.05, 4.69) is 10.3 Å². The van der Waals surface area contributed by atoms with Crippen LogP contribution in [0.3, 0.4) is 0 Å². The summed E-state index contributed by atoms with van der Waals surface area (Å²) in [7, 11) is 1.37. The number of ether oxygens (including phenoxy) is 1. The van der Waals surface area contributed by atoms with E-state index in [9.17, 15) is 9.59 Å². The highest BCUT2D eigenvalue weighted by Crippen LogP contribution is 2.25. The van der Waals surface area contributed by atoms with Crippen molar-refractivity contribution in [2.75, 3.05) is 7.11 Å². The highest BCUT2D eigenvalue weighted by Gasteiger charge is 2.31. The van der Waals surface area contributed by atoms with Crippen LogP contribution in [0.1, 0.15) is 48.2 Å². The Morgan fingerprint density at radius 2 is 2.14 bits per heavy atom. The number of aromatic nitrogens is 1. The first-order valence-corrected chi connectivity index (χ1v) is 7.13. The van der Waals surface area contributed by atoms with E-state index in [0.29, 0.717) is 11.3 Å². The summed E-state index contributed by atoms with van der Waals surface area (Å²) < 4.78 is 4.84. The molecule has 6 nitrogen and oxygen atoms in total. The van der Waals surface area contributed by atoms with E-state index >= 15 is 0 Å². The number of nitriles is 1. The van der Waals surface area contributed by atoms with Crippen LogP contribution < -0.4 is 5.32 Å². The van der Waals surface area contributed by atoms with Crippen molar-refractivity contribution in [2.45, 2.75) is 38.1 Å². The lowest BCUT2D eigenvalue weighted by Crippen LogP contribution is -2.43. The Morgan fingerprint density at radius 3 is 2.81 bits per heavy atom. The second-order valence-electron chi connectivity index (χ2n) is 5.26. The zero-order valence-corrected chi connectivity index (χ0v) is 12.0. The van der Waals surface area contributed by atoms with Crippen molar-refractivity contribution in [2.24, 2.45) is 5.92 Å². The van der Waals surface area contributed by atoms with Crippen molar-refractivity contribution in [1.29, 1.82) is 5.26 Å². The minimum atomic E-state index is -0.299. The van der Waals surface area contributed by atoms with Crippen molar-refractivity contribution in [1.82, 2.24) is 10.3 Å². The number of amides is 1. The van der Waals surface area contributed by atoms with E-state index in [-0.39, 0.29) is 23.8 Å². The van der Waals surface area contributed by atoms with Gasteiger partial charge in [-0.3, -0.25) is 9.59 Å². The van der Waals surface area contributed by atoms with E-state index in [1.165, 1.54) is 19.4 Å². The molecular formula is C15H19N3O3. The van der Waals surface area contributed by atoms with Gasteiger partial charge in [0.15, 0.2) is 0 Å². The molecule has 0 aromatic carbocycles. The normalized spacial score (nSPS) is 21.9. The fourth-order valence-corrected chi connectivity index (χ4v) is 2.75. The number of H-pyrrole nitrogens is 1. The van der Waals surface area contributed by atoms with Crippen molar-refractivity contribution < 1.29 is 14.3 Å². The maximum absolute atomic E-state index is 12.2. The van der Waals surface area contributed by atoms with Gasteiger partial charge in [-0.2, -0.15) is 5.26 Å². The Morgan fingerprint density at radius 1 is 1.38 bits per heavy atom. The minimum Gasteiger partial charge on any atom is -0.469 e. The minimum absolute atomic E-state index is 0.221. The Bertz CT molecular complexity index is 559. The van der Waals surface area contributed by atoms with Crippen LogP contribution in [0.15, 0.2) is 12.3 Å². The van der Waals surface area contributed by atoms with Gasteiger partial charge in [0.05, 0.1) is 18.6 Å². The molecule has 6 heteroatoms. The Kier molecular flexibility index (Phi) is 4.99. The summed E-state index contributed by atoms with van der Waals surface area (Å²) in [5.74, 6) is -0.865. The first-order chi connectivity index (χ1) is 10.2. The monoisotopic (exact) mass is 289 g/mol. The molecule has 2 N–H and O–H groups in total. The molecule has 1 saturated carbocycles. The van der Waals surface area contributed by atoms with Gasteiger partial charge < -0.3 is 15.0 Å². The molecule has 1 aliphatic rings. The number of rotatable bonds is 3. The van der Waals surface area contributed by atoms with Gasteiger partial charge in [-0.05, 0) is 18.9 Å². The topological polar surface area (TPSA) is 95.0 Å². The van der Waals surface area contributed by atoms with Gasteiger partial charge in [0.1, 0.15) is 11.8 Å². The number of carbonyl (C=O) groups is 2. The van der Waals surface area contributed by atoms with E-state index in [0.717, 1.165) is 32.1 Å². The smallest absolute Gasteiger partial charge is 0.310 e. The van der Waals surface area contributed by atoms with Gasteiger partial charge in [-0.1, -0.05) is 19.3 Å². The summed E-state index contributed by atoms with van der Waals surface area (Å²) in [5.41, 5.74) is 0.741. The molecule has 1 aromatic heterocycles. The van der Waals surface area contributed by atoms with Crippen LogP contribution >= 0.6 is 0 Å². The molecule has 0 bridgehead atoms. The van der Waals surface area contributed by atoms with Crippen LogP contribution in [0.2, 0.25) is 0 Å². The third-order valence-corrected chi connectivity index (χ3v) is 3.89. The number of hydrogen-bond acceptors (Lipinski definition) is 4. The van der Waals surface area contributed by atoms with Gasteiger partial charge in [-0.15, -0.1) is 0 Å². The molecule has 112 valence electrons. The van der Waals surface area contributed by atoms with Crippen molar-refractivity contribution in [3.63, 3.8) is 0 Å². The van der Waals surface area contributed by atoms with Crippen molar-refractivity contribution in [3.05, 3.63) is 23.5 Å². The zero-order chi connectivity index (χ0) is 15.2. The van der Waals surface area contributed by atoms with Crippen LogP contribution in [-0.2, 0) is 9.53 Å². The molecule has 2 rings (SSSR count). The number of methoxy groups -OCH3 is 1. The molecule has 0 radical (unpaired) electrons. The Balaban J connectivity index is 2.08. The molecule has 0 spiro atoms. The van der Waals surface area contributed by atoms with Crippen LogP contribution in [0.5, 0.6) is 0 Å². The Labute approximate surface area is 123 Å². The first-order valence-electron chi connectivity index (χ1n) is 7.13. The van der Waals surface area contributed by atoms with Crippen molar-refractivity contribution in [3.8, 4) is 6.07 Å². The largest absolute Gasteiger partial charge is 0.469 e. The average molecular weight is 289 g/mol. The second kappa shape index (κ2) is 6.93. The number of carbonyl (C=O) groups excluding carboxylic acids is 2. The zero-order valence-electron chi connectivity index (χ0n) is 12.0. The van der Waals surface area contributed by atoms with Crippen LogP contribution in [0.4, 0.5) is 0 Å². The van der Waals surface area contributed by atoms with Crippen LogP contribution in [-0.4, -0.2) is 30.0 Å². The molecular weight excluding hydrogens is 270 g/mol. The van der Waals surface area contributed by atoms with Crippen molar-refractivity contribution >= 4 is 11.9 Å². The molecule has 0 aliphatic heterocycles. The fourth-order valence-electron chi connectivity index (χ4n) is 2.75. The molecule has 1 heterocycles. The highest BCUT2D eigenvalue weighted by molar-refractivity contribution is 5.93. The molecule has 2 atom stereocenters. The second-order valence-corrected chi connectivity index (χ2v) is 5.26. The van der Waals surface area contributed by atoms with Crippen LogP contribution in [0.25, 0.3) is 0 Å². The molecule has 1 aliphatic carbocycles. The lowest BCUT2D eigenvalue weighted by Gasteiger charge is -2.23. The standard InChI is InChI=1S/C15H19N3O3/c1-21-15(20)11-5-3-2-4-6-12(11)18-14(19)13-7-10(8-16)9-17-13/h7,9,11-12,17H,2-6H2,1H3,(H,18,19). The van der Waals surface area contributed by atoms with Crippen LogP contribution in [0, 0.1) is 17.2 Å². The van der Waals surface area contributed by atoms with E-state index < -0.39 is 0 Å². The predicted molar refractivity (Wildman–Crippen MR) is 75.4 cm³/mol. The molecule has 1 fully saturated rings. The van der Waals surface area contributed by atoms with E-state index in [1.54, 1.807) is 0 Å². The highest BCUT2D eigenvalue weighted by atomic mass is 16.5. The van der Waals surface area contributed by atoms with E-state index in [1.807, 2.05) is 6.07 Å². The summed E-state index contributed by atoms with van der Waals surface area (Å²) in [4.78, 5) is 26.9. The Hall–Kier alpha value is -2.29. The van der Waals surface area contributed by atoms with Gasteiger partial charge in [-0.25, -0.2) is 0 Å². The third-order valence-electron chi connectivity index (χ3n) is 3.89. The SMILES string of the molecule is COC(=O)C1CCCCCC1NC(=O)c1cc(C#N)c[nH]1. The number of nitrogens with zero attached hydrogens (tertiary/aromatic N) is 1. The number of nitrogens with one attached hydrogen (secondary N) is 2. The summed E-state index contributed by atoms with van der Waals surface area (Å²) >= 11 is 0. The van der Waals surface area contributed by atoms with Gasteiger partial charge in [0.2, 0.25) is 0 Å². The fraction of sp³-hybridized carbons (Fsp3) is 0.533. The number of esters is 1. The predicted octanol–water partition coefficient (Wildman–Crippen LogP) is 1.74.